The van der Waals surface area contributed by atoms with Crippen LogP contribution in [0.25, 0.3) is 0 Å². The number of pyridine rings is 1. The van der Waals surface area contributed by atoms with Crippen molar-refractivity contribution in [1.29, 1.82) is 5.41 Å². The summed E-state index contributed by atoms with van der Waals surface area (Å²) >= 11 is 0. The van der Waals surface area contributed by atoms with Gasteiger partial charge in [-0.2, -0.15) is 0 Å². The van der Waals surface area contributed by atoms with E-state index in [0.29, 0.717) is 32.1 Å². The highest BCUT2D eigenvalue weighted by Crippen LogP contribution is 2.24. The molecule has 1 saturated heterocycles. The molecule has 0 aromatic carbocycles. The maximum atomic E-state index is 11.5. The molecule has 26 heavy (non-hydrogen) atoms. The molecule has 0 bridgehead atoms. The smallest absolute Gasteiger partial charge is 0.409 e. The Morgan fingerprint density at radius 2 is 1.96 bits per heavy atom. The summed E-state index contributed by atoms with van der Waals surface area (Å²) in [6, 6.07) is 3.74. The lowest BCUT2D eigenvalue weighted by molar-refractivity contribution is 0.106. The zero-order chi connectivity index (χ0) is 18.5. The first-order valence-electron chi connectivity index (χ1n) is 8.91. The highest BCUT2D eigenvalue weighted by atomic mass is 16.5. The molecule has 8 heteroatoms. The first-order valence-corrected chi connectivity index (χ1v) is 8.91. The predicted octanol–water partition coefficient (Wildman–Crippen LogP) is 2.14. The third-order valence-corrected chi connectivity index (χ3v) is 4.78. The summed E-state index contributed by atoms with van der Waals surface area (Å²) < 4.78 is 10.6. The summed E-state index contributed by atoms with van der Waals surface area (Å²) in [6.45, 7) is 4.06. The van der Waals surface area contributed by atoms with Crippen LogP contribution in [0.3, 0.4) is 0 Å². The number of nitrogens with one attached hydrogen (secondary N) is 1. The maximum absolute atomic E-state index is 11.5. The molecule has 0 atom stereocenters. The number of aromatic nitrogens is 1. The van der Waals surface area contributed by atoms with Gasteiger partial charge in [-0.05, 0) is 32.3 Å². The second-order valence-corrected chi connectivity index (χ2v) is 6.52. The van der Waals surface area contributed by atoms with Gasteiger partial charge in [0, 0.05) is 49.7 Å². The van der Waals surface area contributed by atoms with Gasteiger partial charge in [-0.3, -0.25) is 5.41 Å². The minimum atomic E-state index is -0.327. The molecule has 0 unspecified atom stereocenters. The Labute approximate surface area is 153 Å². The van der Waals surface area contributed by atoms with E-state index in [1.807, 2.05) is 24.0 Å². The third-order valence-electron chi connectivity index (χ3n) is 4.78. The molecular weight excluding hydrogens is 334 g/mol. The van der Waals surface area contributed by atoms with Crippen LogP contribution in [-0.4, -0.2) is 71.9 Å². The lowest BCUT2D eigenvalue weighted by atomic mass is 9.96. The Kier molecular flexibility index (Phi) is 5.70. The second kappa shape index (κ2) is 8.16. The van der Waals surface area contributed by atoms with Gasteiger partial charge in [0.15, 0.2) is 0 Å². The van der Waals surface area contributed by atoms with Crippen LogP contribution in [0.1, 0.15) is 31.7 Å². The lowest BCUT2D eigenvalue weighted by Crippen LogP contribution is -2.50. The van der Waals surface area contributed by atoms with Crippen LogP contribution in [0.15, 0.2) is 23.3 Å². The number of aliphatic imine (C=N–C) groups is 1. The van der Waals surface area contributed by atoms with Crippen molar-refractivity contribution in [3.8, 4) is 5.88 Å². The Morgan fingerprint density at radius 1 is 1.27 bits per heavy atom. The lowest BCUT2D eigenvalue weighted by Gasteiger charge is -2.34. The van der Waals surface area contributed by atoms with E-state index >= 15 is 0 Å². The number of carbonyl (C=O) groups is 1. The molecule has 1 N–H and O–H groups in total. The van der Waals surface area contributed by atoms with E-state index in [1.54, 1.807) is 11.1 Å². The monoisotopic (exact) mass is 359 g/mol. The number of hydrogen-bond donors (Lipinski definition) is 1. The second-order valence-electron chi connectivity index (χ2n) is 6.52. The van der Waals surface area contributed by atoms with Gasteiger partial charge in [-0.15, -0.1) is 0 Å². The Hall–Kier alpha value is -2.64. The highest BCUT2D eigenvalue weighted by Gasteiger charge is 2.23. The van der Waals surface area contributed by atoms with E-state index in [0.717, 1.165) is 24.1 Å². The number of hydrogen-bond acceptors (Lipinski definition) is 5. The molecule has 1 aromatic heterocycles. The van der Waals surface area contributed by atoms with Crippen molar-refractivity contribution in [2.75, 3.05) is 33.3 Å². The molecule has 1 saturated carbocycles. The number of carbonyl (C=O) groups excluding carboxylic acids is 1. The van der Waals surface area contributed by atoms with E-state index in [-0.39, 0.29) is 18.2 Å². The molecular formula is C18H25N5O3. The van der Waals surface area contributed by atoms with Crippen LogP contribution in [0.4, 0.5) is 4.79 Å². The van der Waals surface area contributed by atoms with Crippen LogP contribution in [0.5, 0.6) is 5.88 Å². The largest absolute Gasteiger partial charge is 0.474 e. The molecule has 1 amide bonds. The minimum absolute atomic E-state index is 0.199. The number of ether oxygens (including phenoxy) is 2. The summed E-state index contributed by atoms with van der Waals surface area (Å²) in [7, 11) is 1.38. The Morgan fingerprint density at radius 3 is 2.58 bits per heavy atom. The number of rotatable bonds is 3. The van der Waals surface area contributed by atoms with E-state index in [2.05, 4.69) is 9.98 Å². The van der Waals surface area contributed by atoms with Crippen molar-refractivity contribution in [2.45, 2.75) is 32.3 Å². The average molecular weight is 359 g/mol. The summed E-state index contributed by atoms with van der Waals surface area (Å²) in [5.74, 6) is 0.810. The molecule has 2 fully saturated rings. The van der Waals surface area contributed by atoms with Gasteiger partial charge in [0.1, 0.15) is 6.10 Å². The zero-order valence-corrected chi connectivity index (χ0v) is 15.3. The van der Waals surface area contributed by atoms with Crippen LogP contribution in [0, 0.1) is 5.41 Å². The van der Waals surface area contributed by atoms with Crippen LogP contribution >= 0.6 is 0 Å². The molecule has 3 rings (SSSR count). The van der Waals surface area contributed by atoms with Crippen molar-refractivity contribution in [3.05, 3.63) is 23.9 Å². The summed E-state index contributed by atoms with van der Waals surface area (Å²) in [5.41, 5.74) is 1.64. The fourth-order valence-corrected chi connectivity index (χ4v) is 2.88. The molecule has 2 aliphatic rings. The molecule has 2 heterocycles. The fraction of sp³-hybridized carbons (Fsp3) is 0.556. The molecule has 0 radical (unpaired) electrons. The number of methoxy groups -OCH3 is 1. The molecule has 1 aliphatic carbocycles. The number of nitrogens with zero attached hydrogens (tertiary/aromatic N) is 4. The van der Waals surface area contributed by atoms with Crippen molar-refractivity contribution in [3.63, 3.8) is 0 Å². The Balaban J connectivity index is 1.59. The standard InChI is InChI=1S/C18H25N5O3/c1-13(14-6-7-20-16(12-14)26-15-4-3-5-15)21-17(19)22-8-10-23(11-9-22)18(24)25-2/h6-7,12,15,19H,3-5,8-11H2,1-2H3/b19-17?,21-13+. The topological polar surface area (TPSA) is 91.1 Å². The van der Waals surface area contributed by atoms with Gasteiger partial charge >= 0.3 is 6.09 Å². The van der Waals surface area contributed by atoms with Crippen molar-refractivity contribution in [2.24, 2.45) is 4.99 Å². The minimum Gasteiger partial charge on any atom is -0.474 e. The molecule has 1 aliphatic heterocycles. The van der Waals surface area contributed by atoms with Gasteiger partial charge in [0.05, 0.1) is 7.11 Å². The summed E-state index contributed by atoms with van der Waals surface area (Å²) in [6.07, 6.45) is 5.04. The highest BCUT2D eigenvalue weighted by molar-refractivity contribution is 6.05. The summed E-state index contributed by atoms with van der Waals surface area (Å²) in [4.78, 5) is 23.7. The van der Waals surface area contributed by atoms with Gasteiger partial charge < -0.3 is 19.3 Å². The predicted molar refractivity (Wildman–Crippen MR) is 98.0 cm³/mol. The normalized spacial score (nSPS) is 18.3. The maximum Gasteiger partial charge on any atom is 0.409 e. The average Bonchev–Trinajstić information content (AvgIpc) is 2.64. The molecule has 140 valence electrons. The third kappa shape index (κ3) is 4.30. The summed E-state index contributed by atoms with van der Waals surface area (Å²) in [5, 5.41) is 8.24. The van der Waals surface area contributed by atoms with Crippen molar-refractivity contribution in [1.82, 2.24) is 14.8 Å². The molecule has 0 spiro atoms. The van der Waals surface area contributed by atoms with E-state index < -0.39 is 0 Å². The molecule has 8 nitrogen and oxygen atoms in total. The van der Waals surface area contributed by atoms with Gasteiger partial charge in [0.2, 0.25) is 11.8 Å². The number of amides is 1. The van der Waals surface area contributed by atoms with Crippen LogP contribution in [-0.2, 0) is 4.74 Å². The Bertz CT molecular complexity index is 694. The van der Waals surface area contributed by atoms with Gasteiger partial charge in [-0.1, -0.05) is 0 Å². The van der Waals surface area contributed by atoms with Crippen LogP contribution in [0.2, 0.25) is 0 Å². The number of guanidine groups is 1. The fourth-order valence-electron chi connectivity index (χ4n) is 2.88. The van der Waals surface area contributed by atoms with E-state index in [9.17, 15) is 4.79 Å². The van der Waals surface area contributed by atoms with Gasteiger partial charge in [-0.25, -0.2) is 14.8 Å². The first kappa shape index (κ1) is 18.2. The van der Waals surface area contributed by atoms with Crippen molar-refractivity contribution < 1.29 is 14.3 Å². The zero-order valence-electron chi connectivity index (χ0n) is 15.3. The van der Waals surface area contributed by atoms with Crippen molar-refractivity contribution >= 4 is 17.8 Å². The van der Waals surface area contributed by atoms with Crippen LogP contribution < -0.4 is 4.74 Å². The molecule has 1 aromatic rings. The SMILES string of the molecule is COC(=O)N1CCN(C(=N)/N=C(\C)c2ccnc(OC3CCC3)c2)CC1. The first-order chi connectivity index (χ1) is 12.6. The van der Waals surface area contributed by atoms with E-state index in [1.165, 1.54) is 13.5 Å². The number of piperazine rings is 1. The van der Waals surface area contributed by atoms with Gasteiger partial charge in [0.25, 0.3) is 0 Å². The van der Waals surface area contributed by atoms with E-state index in [4.69, 9.17) is 14.9 Å². The quantitative estimate of drug-likeness (QED) is 0.659.